The van der Waals surface area contributed by atoms with Gasteiger partial charge in [0.1, 0.15) is 11.9 Å². The smallest absolute Gasteiger partial charge is 0.314 e. The number of amides is 1. The number of hydrogen-bond acceptors (Lipinski definition) is 6. The molecule has 3 heterocycles. The third kappa shape index (κ3) is 3.83. The van der Waals surface area contributed by atoms with E-state index in [1.807, 2.05) is 0 Å². The number of hydrogen-bond donors (Lipinski definition) is 1. The lowest BCUT2D eigenvalue weighted by Crippen LogP contribution is -2.33. The first-order valence-corrected chi connectivity index (χ1v) is 10.3. The van der Waals surface area contributed by atoms with Gasteiger partial charge in [-0.25, -0.2) is 4.39 Å². The van der Waals surface area contributed by atoms with E-state index in [1.165, 1.54) is 35.2 Å². The average Bonchev–Trinajstić information content (AvgIpc) is 3.55. The van der Waals surface area contributed by atoms with Crippen molar-refractivity contribution in [3.8, 4) is 11.5 Å². The molecule has 4 aromatic rings. The van der Waals surface area contributed by atoms with Crippen LogP contribution in [0.25, 0.3) is 11.5 Å². The molecule has 8 nitrogen and oxygen atoms in total. The Morgan fingerprint density at radius 2 is 1.85 bits per heavy atom. The lowest BCUT2D eigenvalue weighted by molar-refractivity contribution is 0.0360. The van der Waals surface area contributed by atoms with Gasteiger partial charge in [0, 0.05) is 36.5 Å². The minimum Gasteiger partial charge on any atom is -0.415 e. The Hall–Kier alpha value is -3.99. The SMILES string of the molecule is Cn1cc(C(C(O)c2ccc(F)cc2)N2Cc3ccc(-c4nnc(C(F)F)o4)cc3C2=O)cn1. The van der Waals surface area contributed by atoms with Crippen LogP contribution in [0.1, 0.15) is 51.5 Å². The Labute approximate surface area is 191 Å². The van der Waals surface area contributed by atoms with Gasteiger partial charge < -0.3 is 14.4 Å². The zero-order valence-electron chi connectivity index (χ0n) is 17.8. The van der Waals surface area contributed by atoms with Crippen LogP contribution in [0.3, 0.4) is 0 Å². The van der Waals surface area contributed by atoms with Gasteiger partial charge in [-0.3, -0.25) is 9.48 Å². The molecule has 1 aliphatic rings. The molecule has 0 radical (unpaired) electrons. The minimum absolute atomic E-state index is 0.125. The van der Waals surface area contributed by atoms with Gasteiger partial charge in [0.2, 0.25) is 5.89 Å². The molecule has 1 N–H and O–H groups in total. The van der Waals surface area contributed by atoms with Crippen molar-refractivity contribution in [3.05, 3.63) is 88.8 Å². The molecule has 11 heteroatoms. The summed E-state index contributed by atoms with van der Waals surface area (Å²) >= 11 is 0. The number of carbonyl (C=O) groups excluding carboxylic acids is 1. The van der Waals surface area contributed by atoms with E-state index in [1.54, 1.807) is 36.3 Å². The predicted octanol–water partition coefficient (Wildman–Crippen LogP) is 3.98. The van der Waals surface area contributed by atoms with Gasteiger partial charge in [0.05, 0.1) is 12.2 Å². The van der Waals surface area contributed by atoms with Crippen molar-refractivity contribution in [1.29, 1.82) is 0 Å². The second-order valence-corrected chi connectivity index (χ2v) is 7.94. The van der Waals surface area contributed by atoms with Gasteiger partial charge in [0.15, 0.2) is 0 Å². The summed E-state index contributed by atoms with van der Waals surface area (Å²) in [5.74, 6) is -1.75. The van der Waals surface area contributed by atoms with Gasteiger partial charge >= 0.3 is 6.43 Å². The summed E-state index contributed by atoms with van der Waals surface area (Å²) in [6.45, 7) is 0.193. The number of fused-ring (bicyclic) bond motifs is 1. The van der Waals surface area contributed by atoms with Crippen molar-refractivity contribution < 1.29 is 27.5 Å². The molecule has 5 rings (SSSR count). The quantitative estimate of drug-likeness (QED) is 0.459. The second-order valence-electron chi connectivity index (χ2n) is 7.94. The fraction of sp³-hybridized carbons (Fsp3) is 0.217. The Morgan fingerprint density at radius 1 is 1.09 bits per heavy atom. The minimum atomic E-state index is -2.90. The highest BCUT2D eigenvalue weighted by Crippen LogP contribution is 2.40. The maximum absolute atomic E-state index is 13.4. The Balaban J connectivity index is 1.50. The van der Waals surface area contributed by atoms with Gasteiger partial charge in [-0.1, -0.05) is 18.2 Å². The van der Waals surface area contributed by atoms with Crippen molar-refractivity contribution in [2.75, 3.05) is 0 Å². The number of rotatable bonds is 6. The lowest BCUT2D eigenvalue weighted by atomic mass is 9.96. The van der Waals surface area contributed by atoms with Crippen LogP contribution >= 0.6 is 0 Å². The predicted molar refractivity (Wildman–Crippen MR) is 112 cm³/mol. The summed E-state index contributed by atoms with van der Waals surface area (Å²) in [7, 11) is 1.72. The number of nitrogens with zero attached hydrogens (tertiary/aromatic N) is 5. The molecule has 174 valence electrons. The highest BCUT2D eigenvalue weighted by atomic mass is 19.3. The van der Waals surface area contributed by atoms with E-state index in [9.17, 15) is 23.1 Å². The molecule has 0 saturated carbocycles. The molecule has 2 atom stereocenters. The molecule has 0 bridgehead atoms. The zero-order valence-corrected chi connectivity index (χ0v) is 17.8. The Morgan fingerprint density at radius 3 is 2.50 bits per heavy atom. The largest absolute Gasteiger partial charge is 0.415 e. The fourth-order valence-electron chi connectivity index (χ4n) is 4.09. The van der Waals surface area contributed by atoms with Crippen LogP contribution in [0.2, 0.25) is 0 Å². The fourth-order valence-corrected chi connectivity index (χ4v) is 4.09. The highest BCUT2D eigenvalue weighted by molar-refractivity contribution is 5.99. The Bertz CT molecular complexity index is 1350. The summed E-state index contributed by atoms with van der Waals surface area (Å²) < 4.78 is 45.6. The van der Waals surface area contributed by atoms with Crippen molar-refractivity contribution in [1.82, 2.24) is 24.9 Å². The van der Waals surface area contributed by atoms with Crippen molar-refractivity contribution >= 4 is 5.91 Å². The maximum atomic E-state index is 13.4. The van der Waals surface area contributed by atoms with Gasteiger partial charge in [-0.05, 0) is 35.4 Å². The monoisotopic (exact) mass is 469 g/mol. The molecule has 1 aliphatic heterocycles. The van der Waals surface area contributed by atoms with Gasteiger partial charge in [0.25, 0.3) is 11.8 Å². The normalized spacial score (nSPS) is 15.1. The molecule has 0 fully saturated rings. The molecular formula is C23H18F3N5O3. The summed E-state index contributed by atoms with van der Waals surface area (Å²) in [4.78, 5) is 14.9. The third-order valence-corrected chi connectivity index (χ3v) is 5.73. The third-order valence-electron chi connectivity index (χ3n) is 5.73. The van der Waals surface area contributed by atoms with Crippen LogP contribution in [0.4, 0.5) is 13.2 Å². The Kier molecular flexibility index (Phi) is 5.40. The number of alkyl halides is 2. The maximum Gasteiger partial charge on any atom is 0.314 e. The topological polar surface area (TPSA) is 97.3 Å². The zero-order chi connectivity index (χ0) is 24.0. The molecular weight excluding hydrogens is 451 g/mol. The molecule has 2 aromatic carbocycles. The van der Waals surface area contributed by atoms with E-state index < -0.39 is 30.3 Å². The van der Waals surface area contributed by atoms with Crippen LogP contribution in [0, 0.1) is 5.82 Å². The van der Waals surface area contributed by atoms with Crippen molar-refractivity contribution in [2.24, 2.45) is 7.05 Å². The summed E-state index contributed by atoms with van der Waals surface area (Å²) in [5, 5.41) is 22.3. The number of aromatic nitrogens is 4. The van der Waals surface area contributed by atoms with E-state index in [0.29, 0.717) is 27.8 Å². The van der Waals surface area contributed by atoms with Gasteiger partial charge in [-0.15, -0.1) is 10.2 Å². The molecule has 2 aromatic heterocycles. The number of aliphatic hydroxyl groups is 1. The van der Waals surface area contributed by atoms with Crippen LogP contribution in [0.5, 0.6) is 0 Å². The van der Waals surface area contributed by atoms with Crippen LogP contribution in [0.15, 0.2) is 59.3 Å². The van der Waals surface area contributed by atoms with E-state index in [4.69, 9.17) is 4.42 Å². The standard InChI is InChI=1S/C23H18F3N5O3/c1-30-10-15(9-27-30)18(19(32)12-4-6-16(24)7-5-12)31-11-14-3-2-13(8-17(14)23(31)33)21-28-29-22(34-21)20(25)26/h2-10,18-20,32H,11H2,1H3. The summed E-state index contributed by atoms with van der Waals surface area (Å²) in [5.41, 5.74) is 2.37. The lowest BCUT2D eigenvalue weighted by Gasteiger charge is -2.31. The number of halogens is 3. The first-order chi connectivity index (χ1) is 16.3. The van der Waals surface area contributed by atoms with Crippen LogP contribution in [-0.4, -0.2) is 35.9 Å². The van der Waals surface area contributed by atoms with Crippen molar-refractivity contribution in [3.63, 3.8) is 0 Å². The number of carbonyl (C=O) groups is 1. The van der Waals surface area contributed by atoms with E-state index in [2.05, 4.69) is 15.3 Å². The highest BCUT2D eigenvalue weighted by Gasteiger charge is 2.38. The van der Waals surface area contributed by atoms with E-state index >= 15 is 0 Å². The van der Waals surface area contributed by atoms with Crippen molar-refractivity contribution in [2.45, 2.75) is 25.1 Å². The van der Waals surface area contributed by atoms with E-state index in [-0.39, 0.29) is 18.3 Å². The first kappa shape index (κ1) is 21.8. The summed E-state index contributed by atoms with van der Waals surface area (Å²) in [6.07, 6.45) is -0.805. The molecule has 34 heavy (non-hydrogen) atoms. The van der Waals surface area contributed by atoms with Crippen LogP contribution in [-0.2, 0) is 13.6 Å². The van der Waals surface area contributed by atoms with E-state index in [0.717, 1.165) is 0 Å². The summed E-state index contributed by atoms with van der Waals surface area (Å²) in [6, 6.07) is 9.39. The average molecular weight is 469 g/mol. The van der Waals surface area contributed by atoms with Crippen LogP contribution < -0.4 is 0 Å². The molecule has 0 aliphatic carbocycles. The molecule has 2 unspecified atom stereocenters. The number of benzene rings is 2. The molecule has 1 amide bonds. The molecule has 0 saturated heterocycles. The van der Waals surface area contributed by atoms with Gasteiger partial charge in [-0.2, -0.15) is 13.9 Å². The number of aryl methyl sites for hydroxylation is 1. The molecule has 0 spiro atoms. The second kappa shape index (κ2) is 8.41. The number of aliphatic hydroxyl groups excluding tert-OH is 1. The first-order valence-electron chi connectivity index (χ1n) is 10.3.